The van der Waals surface area contributed by atoms with Gasteiger partial charge in [-0.05, 0) is 23.3 Å². The van der Waals surface area contributed by atoms with E-state index in [1.54, 1.807) is 5.01 Å². The molecule has 2 heterocycles. The standard InChI is InChI=1S/C19H16ClN5OS2/c20-14-8-6-13(7-9-14)16-10-15(12-4-2-1-3-5-12)24-25(16)17(26)11-27-19-23-22-18(21)28-19/h1-9,16H,10-11H2,(H2,21,22)/t16-/m0/s1. The molecule has 6 nitrogen and oxygen atoms in total. The summed E-state index contributed by atoms with van der Waals surface area (Å²) >= 11 is 8.61. The fourth-order valence-electron chi connectivity index (χ4n) is 2.96. The zero-order valence-electron chi connectivity index (χ0n) is 14.7. The maximum absolute atomic E-state index is 13.0. The fraction of sp³-hybridized carbons (Fsp3) is 0.158. The number of halogens is 1. The Morgan fingerprint density at radius 2 is 1.93 bits per heavy atom. The van der Waals surface area contributed by atoms with Crippen LogP contribution < -0.4 is 5.73 Å². The molecule has 2 N–H and O–H groups in total. The van der Waals surface area contributed by atoms with Crippen LogP contribution in [0, 0.1) is 0 Å². The number of thioether (sulfide) groups is 1. The van der Waals surface area contributed by atoms with Crippen molar-refractivity contribution in [2.24, 2.45) is 5.10 Å². The van der Waals surface area contributed by atoms with Gasteiger partial charge >= 0.3 is 0 Å². The Balaban J connectivity index is 1.57. The lowest BCUT2D eigenvalue weighted by Crippen LogP contribution is -2.28. The van der Waals surface area contributed by atoms with Gasteiger partial charge in [-0.3, -0.25) is 4.79 Å². The Bertz CT molecular complexity index is 1010. The Labute approximate surface area is 175 Å². The highest BCUT2D eigenvalue weighted by Gasteiger charge is 2.33. The van der Waals surface area contributed by atoms with E-state index in [2.05, 4.69) is 15.3 Å². The Hall–Kier alpha value is -2.42. The van der Waals surface area contributed by atoms with Crippen molar-refractivity contribution < 1.29 is 4.79 Å². The van der Waals surface area contributed by atoms with Crippen LogP contribution >= 0.6 is 34.7 Å². The van der Waals surface area contributed by atoms with Crippen LogP contribution in [0.1, 0.15) is 23.6 Å². The molecule has 1 atom stereocenters. The number of nitrogen functional groups attached to an aromatic ring is 1. The Kier molecular flexibility index (Phi) is 5.61. The number of amides is 1. The molecule has 0 bridgehead atoms. The number of rotatable bonds is 5. The Morgan fingerprint density at radius 1 is 1.18 bits per heavy atom. The summed E-state index contributed by atoms with van der Waals surface area (Å²) in [6.07, 6.45) is 0.647. The molecule has 142 valence electrons. The van der Waals surface area contributed by atoms with Crippen molar-refractivity contribution in [2.75, 3.05) is 11.5 Å². The summed E-state index contributed by atoms with van der Waals surface area (Å²) < 4.78 is 0.667. The first-order valence-electron chi connectivity index (χ1n) is 8.52. The van der Waals surface area contributed by atoms with Crippen LogP contribution in [0.5, 0.6) is 0 Å². The van der Waals surface area contributed by atoms with E-state index in [4.69, 9.17) is 17.3 Å². The van der Waals surface area contributed by atoms with E-state index in [1.165, 1.54) is 23.1 Å². The van der Waals surface area contributed by atoms with Gasteiger partial charge < -0.3 is 5.73 Å². The number of carbonyl (C=O) groups is 1. The summed E-state index contributed by atoms with van der Waals surface area (Å²) in [6.45, 7) is 0. The van der Waals surface area contributed by atoms with Crippen molar-refractivity contribution in [3.63, 3.8) is 0 Å². The van der Waals surface area contributed by atoms with Crippen molar-refractivity contribution in [1.82, 2.24) is 15.2 Å². The molecule has 1 aliphatic heterocycles. The molecule has 2 aromatic carbocycles. The lowest BCUT2D eigenvalue weighted by Gasteiger charge is -2.21. The predicted octanol–water partition coefficient (Wildman–Crippen LogP) is 4.24. The van der Waals surface area contributed by atoms with Gasteiger partial charge in [0.05, 0.1) is 17.5 Å². The van der Waals surface area contributed by atoms with Crippen LogP contribution in [0.4, 0.5) is 5.13 Å². The minimum atomic E-state index is -0.167. The minimum Gasteiger partial charge on any atom is -0.374 e. The smallest absolute Gasteiger partial charge is 0.253 e. The van der Waals surface area contributed by atoms with E-state index < -0.39 is 0 Å². The number of hydrogen-bond donors (Lipinski definition) is 1. The highest BCUT2D eigenvalue weighted by Crippen LogP contribution is 2.34. The first-order valence-corrected chi connectivity index (χ1v) is 10.7. The first-order chi connectivity index (χ1) is 13.6. The lowest BCUT2D eigenvalue weighted by atomic mass is 9.98. The van der Waals surface area contributed by atoms with E-state index in [0.29, 0.717) is 20.9 Å². The minimum absolute atomic E-state index is 0.0929. The van der Waals surface area contributed by atoms with Gasteiger partial charge in [-0.2, -0.15) is 5.10 Å². The average molecular weight is 430 g/mol. The first kappa shape index (κ1) is 18.9. The quantitative estimate of drug-likeness (QED) is 0.613. The predicted molar refractivity (Wildman–Crippen MR) is 114 cm³/mol. The van der Waals surface area contributed by atoms with Gasteiger partial charge in [0.2, 0.25) is 5.13 Å². The molecular weight excluding hydrogens is 414 g/mol. The Morgan fingerprint density at radius 3 is 2.61 bits per heavy atom. The number of benzene rings is 2. The van der Waals surface area contributed by atoms with Gasteiger partial charge in [0.25, 0.3) is 5.91 Å². The maximum Gasteiger partial charge on any atom is 0.253 e. The van der Waals surface area contributed by atoms with Crippen LogP contribution in [0.3, 0.4) is 0 Å². The van der Waals surface area contributed by atoms with E-state index >= 15 is 0 Å². The molecule has 28 heavy (non-hydrogen) atoms. The lowest BCUT2D eigenvalue weighted by molar-refractivity contribution is -0.130. The summed E-state index contributed by atoms with van der Waals surface area (Å²) in [5, 5.41) is 15.0. The van der Waals surface area contributed by atoms with Gasteiger partial charge in [-0.1, -0.05) is 77.2 Å². The molecular formula is C19H16ClN5OS2. The van der Waals surface area contributed by atoms with Crippen molar-refractivity contribution in [2.45, 2.75) is 16.8 Å². The molecule has 0 fully saturated rings. The van der Waals surface area contributed by atoms with Gasteiger partial charge in [-0.25, -0.2) is 5.01 Å². The largest absolute Gasteiger partial charge is 0.374 e. The van der Waals surface area contributed by atoms with Crippen molar-refractivity contribution in [1.29, 1.82) is 0 Å². The number of nitrogens with zero attached hydrogens (tertiary/aromatic N) is 4. The molecule has 0 aliphatic carbocycles. The molecule has 0 radical (unpaired) electrons. The third kappa shape index (κ3) is 4.19. The van der Waals surface area contributed by atoms with Crippen LogP contribution in [0.25, 0.3) is 0 Å². The monoisotopic (exact) mass is 429 g/mol. The second kappa shape index (κ2) is 8.30. The molecule has 0 unspecified atom stereocenters. The second-order valence-corrected chi connectivity index (χ2v) is 8.79. The normalized spacial score (nSPS) is 16.2. The van der Waals surface area contributed by atoms with Crippen LogP contribution in [-0.2, 0) is 4.79 Å². The second-order valence-electron chi connectivity index (χ2n) is 6.12. The molecule has 9 heteroatoms. The molecule has 3 aromatic rings. The third-order valence-electron chi connectivity index (χ3n) is 4.27. The van der Waals surface area contributed by atoms with E-state index in [0.717, 1.165) is 16.8 Å². The number of carbonyl (C=O) groups excluding carboxylic acids is 1. The maximum atomic E-state index is 13.0. The van der Waals surface area contributed by atoms with Gasteiger partial charge in [-0.15, -0.1) is 10.2 Å². The summed E-state index contributed by atoms with van der Waals surface area (Å²) in [5.74, 6) is 0.120. The molecule has 0 saturated carbocycles. The van der Waals surface area contributed by atoms with Crippen LogP contribution in [-0.4, -0.2) is 32.6 Å². The molecule has 1 aliphatic rings. The fourth-order valence-corrected chi connectivity index (χ4v) is 4.57. The van der Waals surface area contributed by atoms with Gasteiger partial charge in [0, 0.05) is 11.4 Å². The molecule has 0 spiro atoms. The highest BCUT2D eigenvalue weighted by molar-refractivity contribution is 8.01. The SMILES string of the molecule is Nc1nnc(SCC(=O)N2N=C(c3ccccc3)C[C@H]2c2ccc(Cl)cc2)s1. The van der Waals surface area contributed by atoms with E-state index in [1.807, 2.05) is 54.6 Å². The molecule has 0 saturated heterocycles. The zero-order chi connectivity index (χ0) is 19.5. The topological polar surface area (TPSA) is 84.5 Å². The van der Waals surface area contributed by atoms with Crippen molar-refractivity contribution in [3.05, 3.63) is 70.7 Å². The third-order valence-corrected chi connectivity index (χ3v) is 6.39. The zero-order valence-corrected chi connectivity index (χ0v) is 17.0. The van der Waals surface area contributed by atoms with Gasteiger partial charge in [0.1, 0.15) is 0 Å². The number of hydrogen-bond acceptors (Lipinski definition) is 7. The van der Waals surface area contributed by atoms with Gasteiger partial charge in [0.15, 0.2) is 4.34 Å². The summed E-state index contributed by atoms with van der Waals surface area (Å²) in [7, 11) is 0. The summed E-state index contributed by atoms with van der Waals surface area (Å²) in [5.41, 5.74) is 8.50. The van der Waals surface area contributed by atoms with E-state index in [9.17, 15) is 4.79 Å². The molecule has 4 rings (SSSR count). The van der Waals surface area contributed by atoms with Crippen LogP contribution in [0.2, 0.25) is 5.02 Å². The average Bonchev–Trinajstić information content (AvgIpc) is 3.34. The number of aromatic nitrogens is 2. The summed E-state index contributed by atoms with van der Waals surface area (Å²) in [4.78, 5) is 13.0. The number of nitrogens with two attached hydrogens (primary N) is 1. The summed E-state index contributed by atoms with van der Waals surface area (Å²) in [6, 6.07) is 17.3. The van der Waals surface area contributed by atoms with Crippen molar-refractivity contribution in [3.8, 4) is 0 Å². The van der Waals surface area contributed by atoms with E-state index in [-0.39, 0.29) is 17.7 Å². The van der Waals surface area contributed by atoms with Crippen molar-refractivity contribution >= 4 is 51.5 Å². The molecule has 1 aromatic heterocycles. The number of hydrazone groups is 1. The van der Waals surface area contributed by atoms with Crippen LogP contribution in [0.15, 0.2) is 64.0 Å². The number of anilines is 1. The molecule has 1 amide bonds. The highest BCUT2D eigenvalue weighted by atomic mass is 35.5.